The maximum Gasteiger partial charge on any atom is 0.315 e. The van der Waals surface area contributed by atoms with Crippen molar-refractivity contribution in [3.63, 3.8) is 0 Å². The van der Waals surface area contributed by atoms with Gasteiger partial charge in [0.05, 0.1) is 58.6 Å². The van der Waals surface area contributed by atoms with Crippen LogP contribution in [0, 0.1) is 0 Å². The molecule has 0 radical (unpaired) electrons. The van der Waals surface area contributed by atoms with Gasteiger partial charge in [-0.1, -0.05) is 30.3 Å². The Morgan fingerprint density at radius 1 is 1.05 bits per heavy atom. The minimum absolute atomic E-state index is 0.0365. The molecule has 1 amide bonds. The number of nitrogens with zero attached hydrogens (tertiary/aromatic N) is 2. The van der Waals surface area contributed by atoms with Gasteiger partial charge in [-0.2, -0.15) is 8.78 Å². The summed E-state index contributed by atoms with van der Waals surface area (Å²) in [6.45, 7) is -0.515. The van der Waals surface area contributed by atoms with E-state index in [1.165, 1.54) is 0 Å². The number of benzene rings is 1. The van der Waals surface area contributed by atoms with Gasteiger partial charge in [-0.3, -0.25) is 14.6 Å². The minimum Gasteiger partial charge on any atom is -0.455 e. The standard InChI is InChI=1S/C25H33F3N4O5S/c1-32(2,3)13-5-6-22(33)37-23(21(14-26)31-25(34)24(27)28)18-9-7-17(8-10-18)19-11-12-20(29-15-19)16-30-38(4,35)36/h7-12,15,21,23-24,30H,5-6,13-14,16H2,1-4H3/p+1. The highest BCUT2D eigenvalue weighted by Gasteiger charge is 2.31. The fourth-order valence-corrected chi connectivity index (χ4v) is 3.90. The first-order valence-corrected chi connectivity index (χ1v) is 13.7. The van der Waals surface area contributed by atoms with Crippen molar-refractivity contribution in [1.82, 2.24) is 15.0 Å². The number of ether oxygens (including phenoxy) is 1. The lowest BCUT2D eigenvalue weighted by atomic mass is 9.99. The molecule has 1 aromatic carbocycles. The number of esters is 1. The van der Waals surface area contributed by atoms with Gasteiger partial charge >= 0.3 is 12.4 Å². The van der Waals surface area contributed by atoms with Crippen LogP contribution in [0.1, 0.15) is 30.2 Å². The van der Waals surface area contributed by atoms with E-state index in [-0.39, 0.29) is 13.0 Å². The topological polar surface area (TPSA) is 114 Å². The second kappa shape index (κ2) is 13.7. The fourth-order valence-electron chi connectivity index (χ4n) is 3.49. The minimum atomic E-state index is -3.36. The molecule has 1 aromatic heterocycles. The molecule has 2 atom stereocenters. The van der Waals surface area contributed by atoms with Crippen LogP contribution < -0.4 is 10.0 Å². The monoisotopic (exact) mass is 559 g/mol. The summed E-state index contributed by atoms with van der Waals surface area (Å²) in [5.74, 6) is -2.30. The van der Waals surface area contributed by atoms with Crippen LogP contribution in [0.4, 0.5) is 13.2 Å². The third kappa shape index (κ3) is 10.8. The van der Waals surface area contributed by atoms with Gasteiger partial charge in [0.25, 0.3) is 5.91 Å². The predicted octanol–water partition coefficient (Wildman–Crippen LogP) is 2.59. The molecule has 0 fully saturated rings. The maximum absolute atomic E-state index is 13.9. The molecule has 0 saturated heterocycles. The molecule has 0 aliphatic carbocycles. The Labute approximate surface area is 221 Å². The summed E-state index contributed by atoms with van der Waals surface area (Å²) in [7, 11) is 2.53. The van der Waals surface area contributed by atoms with Gasteiger partial charge in [-0.25, -0.2) is 17.5 Å². The van der Waals surface area contributed by atoms with Crippen LogP contribution in [0.25, 0.3) is 11.1 Å². The van der Waals surface area contributed by atoms with Crippen molar-refractivity contribution in [2.24, 2.45) is 0 Å². The molecule has 9 nitrogen and oxygen atoms in total. The zero-order valence-electron chi connectivity index (χ0n) is 21.8. The van der Waals surface area contributed by atoms with E-state index in [4.69, 9.17) is 4.74 Å². The van der Waals surface area contributed by atoms with E-state index < -0.39 is 47.1 Å². The second-order valence-electron chi connectivity index (χ2n) is 9.85. The maximum atomic E-state index is 13.9. The molecular weight excluding hydrogens is 525 g/mol. The predicted molar refractivity (Wildman–Crippen MR) is 136 cm³/mol. The third-order valence-corrected chi connectivity index (χ3v) is 6.11. The number of hydrogen-bond donors (Lipinski definition) is 2. The van der Waals surface area contributed by atoms with Gasteiger partial charge in [0, 0.05) is 18.2 Å². The highest BCUT2D eigenvalue weighted by molar-refractivity contribution is 7.88. The van der Waals surface area contributed by atoms with Crippen molar-refractivity contribution < 1.29 is 40.4 Å². The molecule has 2 N–H and O–H groups in total. The highest BCUT2D eigenvalue weighted by atomic mass is 32.2. The van der Waals surface area contributed by atoms with E-state index in [2.05, 4.69) is 9.71 Å². The molecule has 210 valence electrons. The first kappa shape index (κ1) is 31.2. The van der Waals surface area contributed by atoms with Crippen molar-refractivity contribution in [3.05, 3.63) is 53.9 Å². The van der Waals surface area contributed by atoms with Gasteiger partial charge in [-0.15, -0.1) is 0 Å². The number of amides is 1. The molecule has 0 aliphatic heterocycles. The molecule has 38 heavy (non-hydrogen) atoms. The summed E-state index contributed by atoms with van der Waals surface area (Å²) in [5, 5.41) is 1.92. The fraction of sp³-hybridized carbons (Fsp3) is 0.480. The molecule has 0 saturated carbocycles. The second-order valence-corrected chi connectivity index (χ2v) is 11.7. The summed E-state index contributed by atoms with van der Waals surface area (Å²) in [4.78, 5) is 28.3. The molecule has 2 unspecified atom stereocenters. The number of carbonyl (C=O) groups excluding carboxylic acids is 2. The van der Waals surface area contributed by atoms with Crippen LogP contribution >= 0.6 is 0 Å². The summed E-state index contributed by atoms with van der Waals surface area (Å²) < 4.78 is 70.5. The summed E-state index contributed by atoms with van der Waals surface area (Å²) in [6, 6.07) is 8.30. The van der Waals surface area contributed by atoms with Crippen LogP contribution in [-0.4, -0.2) is 82.8 Å². The largest absolute Gasteiger partial charge is 0.455 e. The van der Waals surface area contributed by atoms with E-state index in [1.807, 2.05) is 26.5 Å². The quantitative estimate of drug-likeness (QED) is 0.272. The number of carbonyl (C=O) groups is 2. The van der Waals surface area contributed by atoms with Crippen molar-refractivity contribution in [3.8, 4) is 11.1 Å². The number of alkyl halides is 3. The lowest BCUT2D eigenvalue weighted by Gasteiger charge is -2.27. The van der Waals surface area contributed by atoms with Gasteiger partial charge in [0.2, 0.25) is 10.0 Å². The lowest BCUT2D eigenvalue weighted by molar-refractivity contribution is -0.870. The zero-order chi connectivity index (χ0) is 28.5. The van der Waals surface area contributed by atoms with Crippen molar-refractivity contribution in [1.29, 1.82) is 0 Å². The Balaban J connectivity index is 2.22. The molecular formula is C25H34F3N4O5S+. The highest BCUT2D eigenvalue weighted by Crippen LogP contribution is 2.27. The van der Waals surface area contributed by atoms with Crippen LogP contribution in [0.3, 0.4) is 0 Å². The van der Waals surface area contributed by atoms with E-state index in [1.54, 1.807) is 42.6 Å². The van der Waals surface area contributed by atoms with Crippen LogP contribution in [0.2, 0.25) is 0 Å². The molecule has 0 spiro atoms. The molecule has 2 rings (SSSR count). The van der Waals surface area contributed by atoms with Gasteiger partial charge in [0.15, 0.2) is 0 Å². The van der Waals surface area contributed by atoms with Crippen LogP contribution in [0.15, 0.2) is 42.6 Å². The number of aromatic nitrogens is 1. The summed E-state index contributed by atoms with van der Waals surface area (Å²) in [6.07, 6.45) is -1.54. The molecule has 13 heteroatoms. The number of rotatable bonds is 14. The SMILES string of the molecule is C[N+](C)(C)CCCC(=O)OC(c1ccc(-c2ccc(CNS(C)(=O)=O)nc2)cc1)C(CF)NC(=O)C(F)F. The average molecular weight is 560 g/mol. The van der Waals surface area contributed by atoms with Crippen LogP contribution in [0.5, 0.6) is 0 Å². The van der Waals surface area contributed by atoms with Crippen molar-refractivity contribution >= 4 is 21.9 Å². The Morgan fingerprint density at radius 2 is 1.68 bits per heavy atom. The Hall–Kier alpha value is -3.03. The number of hydrogen-bond acceptors (Lipinski definition) is 6. The smallest absolute Gasteiger partial charge is 0.315 e. The number of sulfonamides is 1. The molecule has 0 aliphatic rings. The van der Waals surface area contributed by atoms with Crippen molar-refractivity contribution in [2.75, 3.05) is 40.6 Å². The molecule has 1 heterocycles. The molecule has 2 aromatic rings. The average Bonchev–Trinajstić information content (AvgIpc) is 2.84. The van der Waals surface area contributed by atoms with Gasteiger partial charge in [-0.05, 0) is 17.2 Å². The third-order valence-electron chi connectivity index (χ3n) is 5.44. The Bertz CT molecular complexity index is 1170. The number of pyridine rings is 1. The van der Waals surface area contributed by atoms with Gasteiger partial charge < -0.3 is 14.5 Å². The Morgan fingerprint density at radius 3 is 2.18 bits per heavy atom. The molecule has 0 bridgehead atoms. The first-order valence-electron chi connectivity index (χ1n) is 11.8. The summed E-state index contributed by atoms with van der Waals surface area (Å²) >= 11 is 0. The summed E-state index contributed by atoms with van der Waals surface area (Å²) in [5.41, 5.74) is 2.22. The van der Waals surface area contributed by atoms with E-state index in [0.29, 0.717) is 39.8 Å². The number of halogens is 3. The number of nitrogens with one attached hydrogen (secondary N) is 2. The Kier molecular flexibility index (Phi) is 11.2. The normalized spacial score (nSPS) is 13.7. The van der Waals surface area contributed by atoms with E-state index in [0.717, 1.165) is 6.26 Å². The van der Waals surface area contributed by atoms with Gasteiger partial charge in [0.1, 0.15) is 12.8 Å². The van der Waals surface area contributed by atoms with E-state index >= 15 is 0 Å². The zero-order valence-corrected chi connectivity index (χ0v) is 22.6. The van der Waals surface area contributed by atoms with Crippen molar-refractivity contribution in [2.45, 2.75) is 38.0 Å². The van der Waals surface area contributed by atoms with Crippen LogP contribution in [-0.2, 0) is 30.9 Å². The number of quaternary nitrogens is 1. The lowest BCUT2D eigenvalue weighted by Crippen LogP contribution is -2.45. The van der Waals surface area contributed by atoms with E-state index in [9.17, 15) is 31.2 Å². The first-order chi connectivity index (χ1) is 17.7.